The molecule has 0 aliphatic heterocycles. The van der Waals surface area contributed by atoms with Gasteiger partial charge in [-0.2, -0.15) is 0 Å². The minimum absolute atomic E-state index is 0.148. The fraction of sp³-hybridized carbons (Fsp3) is 0.333. The van der Waals surface area contributed by atoms with Crippen molar-refractivity contribution >= 4 is 11.9 Å². The number of amidine groups is 1. The summed E-state index contributed by atoms with van der Waals surface area (Å²) in [5.74, 6) is -0.397. The second-order valence-electron chi connectivity index (χ2n) is 3.89. The van der Waals surface area contributed by atoms with Crippen molar-refractivity contribution in [2.45, 2.75) is 25.7 Å². The summed E-state index contributed by atoms with van der Waals surface area (Å²) in [6.07, 6.45) is -1.87. The first-order valence-electron chi connectivity index (χ1n) is 5.50. The van der Waals surface area contributed by atoms with E-state index in [1.54, 1.807) is 0 Å². The molecule has 98 valence electrons. The molecular formula is C12H17N3O3. The van der Waals surface area contributed by atoms with Gasteiger partial charge in [0.25, 0.3) is 0 Å². The molecule has 5 N–H and O–H groups in total. The number of carbonyl (C=O) groups excluding carboxylic acids is 1. The lowest BCUT2D eigenvalue weighted by Gasteiger charge is -2.18. The Labute approximate surface area is 105 Å². The van der Waals surface area contributed by atoms with Crippen molar-refractivity contribution < 1.29 is 14.6 Å². The SMILES string of the molecule is C[C@H](NC(=O)OCc1ccccc1)C(O)C(=N)N. The van der Waals surface area contributed by atoms with Crippen LogP contribution in [0.4, 0.5) is 4.79 Å². The van der Waals surface area contributed by atoms with Crippen LogP contribution in [0.3, 0.4) is 0 Å². The van der Waals surface area contributed by atoms with Crippen LogP contribution < -0.4 is 11.1 Å². The van der Waals surface area contributed by atoms with Crippen LogP contribution in [0.5, 0.6) is 0 Å². The van der Waals surface area contributed by atoms with Gasteiger partial charge in [-0.3, -0.25) is 5.41 Å². The molecule has 2 atom stereocenters. The minimum atomic E-state index is -1.21. The van der Waals surface area contributed by atoms with Crippen LogP contribution in [0, 0.1) is 5.41 Å². The van der Waals surface area contributed by atoms with E-state index in [9.17, 15) is 9.90 Å². The largest absolute Gasteiger partial charge is 0.445 e. The number of hydrogen-bond acceptors (Lipinski definition) is 4. The molecule has 0 heterocycles. The molecule has 0 saturated carbocycles. The monoisotopic (exact) mass is 251 g/mol. The number of ether oxygens (including phenoxy) is 1. The van der Waals surface area contributed by atoms with E-state index in [-0.39, 0.29) is 6.61 Å². The van der Waals surface area contributed by atoms with Crippen LogP contribution in [0.25, 0.3) is 0 Å². The Morgan fingerprint density at radius 2 is 2.11 bits per heavy atom. The van der Waals surface area contributed by atoms with Crippen LogP contribution in [-0.2, 0) is 11.3 Å². The molecule has 0 saturated heterocycles. The molecule has 1 unspecified atom stereocenters. The van der Waals surface area contributed by atoms with Crippen molar-refractivity contribution in [2.24, 2.45) is 5.73 Å². The van der Waals surface area contributed by atoms with Crippen molar-refractivity contribution in [2.75, 3.05) is 0 Å². The van der Waals surface area contributed by atoms with Crippen LogP contribution in [-0.4, -0.2) is 29.2 Å². The first-order chi connectivity index (χ1) is 8.50. The molecule has 1 aromatic carbocycles. The number of rotatable bonds is 5. The van der Waals surface area contributed by atoms with Crippen molar-refractivity contribution in [1.29, 1.82) is 5.41 Å². The Bertz CT molecular complexity index is 408. The van der Waals surface area contributed by atoms with Gasteiger partial charge in [0.05, 0.1) is 6.04 Å². The van der Waals surface area contributed by atoms with Gasteiger partial charge in [-0.25, -0.2) is 4.79 Å². The molecule has 0 radical (unpaired) electrons. The van der Waals surface area contributed by atoms with Crippen LogP contribution >= 0.6 is 0 Å². The average molecular weight is 251 g/mol. The molecule has 0 aliphatic rings. The van der Waals surface area contributed by atoms with E-state index in [4.69, 9.17) is 15.9 Å². The van der Waals surface area contributed by atoms with Gasteiger partial charge in [-0.15, -0.1) is 0 Å². The molecule has 1 rings (SSSR count). The fourth-order valence-electron chi connectivity index (χ4n) is 1.30. The predicted molar refractivity (Wildman–Crippen MR) is 67.1 cm³/mol. The summed E-state index contributed by atoms with van der Waals surface area (Å²) in [6, 6.07) is 8.56. The first-order valence-corrected chi connectivity index (χ1v) is 5.50. The van der Waals surface area contributed by atoms with Gasteiger partial charge in [0, 0.05) is 0 Å². The average Bonchev–Trinajstić information content (AvgIpc) is 2.36. The predicted octanol–water partition coefficient (Wildman–Crippen LogP) is 0.598. The van der Waals surface area contributed by atoms with E-state index < -0.39 is 24.1 Å². The van der Waals surface area contributed by atoms with Crippen molar-refractivity contribution in [3.8, 4) is 0 Å². The molecule has 0 aliphatic carbocycles. The molecule has 0 spiro atoms. The molecule has 6 nitrogen and oxygen atoms in total. The Morgan fingerprint density at radius 1 is 1.50 bits per heavy atom. The number of hydrogen-bond donors (Lipinski definition) is 4. The third kappa shape index (κ3) is 4.42. The lowest BCUT2D eigenvalue weighted by atomic mass is 10.2. The van der Waals surface area contributed by atoms with Gasteiger partial charge >= 0.3 is 6.09 Å². The second kappa shape index (κ2) is 6.61. The van der Waals surface area contributed by atoms with Gasteiger partial charge in [0.15, 0.2) is 0 Å². The van der Waals surface area contributed by atoms with Crippen LogP contribution in [0.15, 0.2) is 30.3 Å². The van der Waals surface area contributed by atoms with Gasteiger partial charge in [0.1, 0.15) is 18.5 Å². The summed E-state index contributed by atoms with van der Waals surface area (Å²) in [6.45, 7) is 1.69. The smallest absolute Gasteiger partial charge is 0.407 e. The van der Waals surface area contributed by atoms with Crippen LogP contribution in [0.2, 0.25) is 0 Å². The van der Waals surface area contributed by atoms with Crippen molar-refractivity contribution in [3.05, 3.63) is 35.9 Å². The number of alkyl carbamates (subject to hydrolysis) is 1. The quantitative estimate of drug-likeness (QED) is 0.454. The number of nitrogens with one attached hydrogen (secondary N) is 2. The summed E-state index contributed by atoms with van der Waals surface area (Å²) in [7, 11) is 0. The zero-order valence-electron chi connectivity index (χ0n) is 10.1. The fourth-order valence-corrected chi connectivity index (χ4v) is 1.30. The Morgan fingerprint density at radius 3 is 2.67 bits per heavy atom. The zero-order chi connectivity index (χ0) is 13.5. The van der Waals surface area contributed by atoms with Gasteiger partial charge in [0.2, 0.25) is 0 Å². The Balaban J connectivity index is 2.36. The first kappa shape index (κ1) is 14.0. The molecule has 1 amide bonds. The topological polar surface area (TPSA) is 108 Å². The highest BCUT2D eigenvalue weighted by atomic mass is 16.5. The lowest BCUT2D eigenvalue weighted by molar-refractivity contribution is 0.124. The molecule has 18 heavy (non-hydrogen) atoms. The maximum Gasteiger partial charge on any atom is 0.407 e. The number of aliphatic hydroxyl groups excluding tert-OH is 1. The standard InChI is InChI=1S/C12H17N3O3/c1-8(10(16)11(13)14)15-12(17)18-7-9-5-3-2-4-6-9/h2-6,8,10,16H,7H2,1H3,(H3,13,14)(H,15,17)/t8-,10?/m0/s1. The Hall–Kier alpha value is -2.08. The molecular weight excluding hydrogens is 234 g/mol. The normalized spacial score (nSPS) is 13.4. The van der Waals surface area contributed by atoms with Gasteiger partial charge < -0.3 is 20.9 Å². The lowest BCUT2D eigenvalue weighted by Crippen LogP contribution is -2.47. The van der Waals surface area contributed by atoms with Crippen molar-refractivity contribution in [1.82, 2.24) is 5.32 Å². The van der Waals surface area contributed by atoms with Gasteiger partial charge in [-0.1, -0.05) is 30.3 Å². The second-order valence-corrected chi connectivity index (χ2v) is 3.89. The number of nitrogens with two attached hydrogens (primary N) is 1. The maximum absolute atomic E-state index is 11.4. The number of benzene rings is 1. The highest BCUT2D eigenvalue weighted by molar-refractivity contribution is 5.82. The molecule has 6 heteroatoms. The van der Waals surface area contributed by atoms with Crippen molar-refractivity contribution in [3.63, 3.8) is 0 Å². The summed E-state index contributed by atoms with van der Waals surface area (Å²) in [5, 5.41) is 18.9. The zero-order valence-corrected chi connectivity index (χ0v) is 10.1. The Kier molecular flexibility index (Phi) is 5.13. The van der Waals surface area contributed by atoms with Crippen LogP contribution in [0.1, 0.15) is 12.5 Å². The third-order valence-corrected chi connectivity index (χ3v) is 2.35. The number of amides is 1. The van der Waals surface area contributed by atoms with E-state index in [0.29, 0.717) is 0 Å². The van der Waals surface area contributed by atoms with E-state index >= 15 is 0 Å². The maximum atomic E-state index is 11.4. The van der Waals surface area contributed by atoms with E-state index in [1.807, 2.05) is 30.3 Å². The van der Waals surface area contributed by atoms with E-state index in [2.05, 4.69) is 5.32 Å². The molecule has 0 aromatic heterocycles. The third-order valence-electron chi connectivity index (χ3n) is 2.35. The molecule has 0 bridgehead atoms. The van der Waals surface area contributed by atoms with Gasteiger partial charge in [-0.05, 0) is 12.5 Å². The molecule has 1 aromatic rings. The summed E-state index contributed by atoms with van der Waals surface area (Å²) < 4.78 is 4.96. The summed E-state index contributed by atoms with van der Waals surface area (Å²) in [5.41, 5.74) is 5.99. The van der Waals surface area contributed by atoms with E-state index in [0.717, 1.165) is 5.56 Å². The minimum Gasteiger partial charge on any atom is -0.445 e. The summed E-state index contributed by atoms with van der Waals surface area (Å²) in [4.78, 5) is 11.4. The molecule has 0 fully saturated rings. The highest BCUT2D eigenvalue weighted by Crippen LogP contribution is 2.01. The number of aliphatic hydroxyl groups is 1. The summed E-state index contributed by atoms with van der Waals surface area (Å²) >= 11 is 0. The van der Waals surface area contributed by atoms with E-state index in [1.165, 1.54) is 6.92 Å². The number of carbonyl (C=O) groups is 1. The highest BCUT2D eigenvalue weighted by Gasteiger charge is 2.19.